The predicted octanol–water partition coefficient (Wildman–Crippen LogP) is -0.474. The van der Waals surface area contributed by atoms with Gasteiger partial charge in [-0.2, -0.15) is 0 Å². The summed E-state index contributed by atoms with van der Waals surface area (Å²) < 4.78 is 5.11. The smallest absolute Gasteiger partial charge is 0.335 e. The van der Waals surface area contributed by atoms with E-state index in [-0.39, 0.29) is 38.4 Å². The zero-order chi connectivity index (χ0) is 15.0. The van der Waals surface area contributed by atoms with Crippen LogP contribution in [0.4, 0.5) is 0 Å². The SMILES string of the molecule is CCC(=O)NCCOCCC(=O)ON1C(=O)CCC1=O. The lowest BCUT2D eigenvalue weighted by Gasteiger charge is -2.12. The molecule has 1 aliphatic rings. The highest BCUT2D eigenvalue weighted by molar-refractivity contribution is 6.01. The molecule has 20 heavy (non-hydrogen) atoms. The van der Waals surface area contributed by atoms with E-state index in [9.17, 15) is 19.2 Å². The van der Waals surface area contributed by atoms with Crippen molar-refractivity contribution in [2.24, 2.45) is 0 Å². The molecule has 0 radical (unpaired) electrons. The average molecular weight is 286 g/mol. The van der Waals surface area contributed by atoms with Crippen LogP contribution in [-0.4, -0.2) is 48.5 Å². The summed E-state index contributed by atoms with van der Waals surface area (Å²) in [6, 6.07) is 0. The van der Waals surface area contributed by atoms with E-state index in [4.69, 9.17) is 4.74 Å². The van der Waals surface area contributed by atoms with E-state index < -0.39 is 17.8 Å². The molecule has 0 aromatic rings. The third-order valence-electron chi connectivity index (χ3n) is 2.54. The molecule has 0 aromatic carbocycles. The number of rotatable bonds is 8. The van der Waals surface area contributed by atoms with Crippen LogP contribution in [0.15, 0.2) is 0 Å². The van der Waals surface area contributed by atoms with Crippen LogP contribution in [0.5, 0.6) is 0 Å². The standard InChI is InChI=1S/C12H18N2O6/c1-2-9(15)13-6-8-19-7-5-12(18)20-14-10(16)3-4-11(14)17/h2-8H2,1H3,(H,13,15). The Hall–Kier alpha value is -1.96. The van der Waals surface area contributed by atoms with Gasteiger partial charge in [0.2, 0.25) is 5.91 Å². The molecule has 1 saturated heterocycles. The molecule has 3 amide bonds. The summed E-state index contributed by atoms with van der Waals surface area (Å²) in [4.78, 5) is 49.3. The van der Waals surface area contributed by atoms with Crippen molar-refractivity contribution in [3.05, 3.63) is 0 Å². The Morgan fingerprint density at radius 3 is 2.45 bits per heavy atom. The Labute approximate surface area is 116 Å². The molecule has 0 aromatic heterocycles. The van der Waals surface area contributed by atoms with Crippen molar-refractivity contribution >= 4 is 23.7 Å². The Kier molecular flexibility index (Phi) is 6.65. The van der Waals surface area contributed by atoms with Gasteiger partial charge in [0, 0.05) is 25.8 Å². The quantitative estimate of drug-likeness (QED) is 0.478. The first-order valence-corrected chi connectivity index (χ1v) is 6.45. The van der Waals surface area contributed by atoms with E-state index in [0.717, 1.165) is 0 Å². The molecule has 0 unspecified atom stereocenters. The highest BCUT2D eigenvalue weighted by Crippen LogP contribution is 2.12. The van der Waals surface area contributed by atoms with Crippen LogP contribution in [0.25, 0.3) is 0 Å². The Morgan fingerprint density at radius 2 is 1.85 bits per heavy atom. The molecule has 0 atom stereocenters. The lowest BCUT2D eigenvalue weighted by atomic mass is 10.4. The first-order chi connectivity index (χ1) is 9.54. The molecule has 8 heteroatoms. The van der Waals surface area contributed by atoms with E-state index in [0.29, 0.717) is 18.0 Å². The second-order valence-electron chi connectivity index (χ2n) is 4.11. The number of carbonyl (C=O) groups excluding carboxylic acids is 4. The summed E-state index contributed by atoms with van der Waals surface area (Å²) in [6.45, 7) is 2.48. The summed E-state index contributed by atoms with van der Waals surface area (Å²) in [5.74, 6) is -1.79. The fourth-order valence-electron chi connectivity index (χ4n) is 1.45. The number of carbonyl (C=O) groups is 4. The third-order valence-corrected chi connectivity index (χ3v) is 2.54. The number of amides is 3. The molecule has 1 aliphatic heterocycles. The van der Waals surface area contributed by atoms with Gasteiger partial charge in [-0.15, -0.1) is 5.06 Å². The Bertz CT molecular complexity index is 379. The van der Waals surface area contributed by atoms with Gasteiger partial charge in [-0.25, -0.2) is 4.79 Å². The number of ether oxygens (including phenoxy) is 1. The number of hydrogen-bond acceptors (Lipinski definition) is 6. The van der Waals surface area contributed by atoms with E-state index >= 15 is 0 Å². The van der Waals surface area contributed by atoms with E-state index in [1.165, 1.54) is 0 Å². The monoisotopic (exact) mass is 286 g/mol. The largest absolute Gasteiger partial charge is 0.379 e. The molecule has 8 nitrogen and oxygen atoms in total. The Morgan fingerprint density at radius 1 is 1.20 bits per heavy atom. The summed E-state index contributed by atoms with van der Waals surface area (Å²) in [6.07, 6.45) is 0.475. The maximum atomic E-state index is 11.4. The maximum Gasteiger partial charge on any atom is 0.335 e. The number of imide groups is 1. The van der Waals surface area contributed by atoms with Crippen molar-refractivity contribution in [1.29, 1.82) is 0 Å². The minimum Gasteiger partial charge on any atom is -0.379 e. The minimum absolute atomic E-state index is 0.0692. The van der Waals surface area contributed by atoms with Crippen molar-refractivity contribution in [2.45, 2.75) is 32.6 Å². The van der Waals surface area contributed by atoms with Crippen molar-refractivity contribution in [1.82, 2.24) is 10.4 Å². The van der Waals surface area contributed by atoms with Crippen LogP contribution in [0.2, 0.25) is 0 Å². The topological polar surface area (TPSA) is 102 Å². The number of hydrogen-bond donors (Lipinski definition) is 1. The highest BCUT2D eigenvalue weighted by Gasteiger charge is 2.32. The summed E-state index contributed by atoms with van der Waals surface area (Å²) in [5.41, 5.74) is 0. The first-order valence-electron chi connectivity index (χ1n) is 6.45. The normalized spacial score (nSPS) is 14.6. The third kappa shape index (κ3) is 5.35. The zero-order valence-electron chi connectivity index (χ0n) is 11.3. The fraction of sp³-hybridized carbons (Fsp3) is 0.667. The summed E-state index contributed by atoms with van der Waals surface area (Å²) in [7, 11) is 0. The Balaban J connectivity index is 2.07. The zero-order valence-corrected chi connectivity index (χ0v) is 11.3. The molecule has 1 N–H and O–H groups in total. The van der Waals surface area contributed by atoms with Gasteiger partial charge in [0.15, 0.2) is 0 Å². The molecular formula is C12H18N2O6. The van der Waals surface area contributed by atoms with E-state index in [1.807, 2.05) is 0 Å². The van der Waals surface area contributed by atoms with Gasteiger partial charge in [-0.1, -0.05) is 6.92 Å². The van der Waals surface area contributed by atoms with Crippen LogP contribution in [-0.2, 0) is 28.8 Å². The molecular weight excluding hydrogens is 268 g/mol. The molecule has 1 heterocycles. The number of nitrogens with zero attached hydrogens (tertiary/aromatic N) is 1. The van der Waals surface area contributed by atoms with Crippen LogP contribution in [0.3, 0.4) is 0 Å². The highest BCUT2D eigenvalue weighted by atomic mass is 16.7. The number of hydroxylamine groups is 2. The molecule has 0 aliphatic carbocycles. The number of nitrogens with one attached hydrogen (secondary N) is 1. The van der Waals surface area contributed by atoms with Gasteiger partial charge >= 0.3 is 5.97 Å². The minimum atomic E-state index is -0.703. The average Bonchev–Trinajstić information content (AvgIpc) is 2.74. The van der Waals surface area contributed by atoms with Crippen molar-refractivity contribution in [3.8, 4) is 0 Å². The second-order valence-corrected chi connectivity index (χ2v) is 4.11. The van der Waals surface area contributed by atoms with Gasteiger partial charge in [0.1, 0.15) is 0 Å². The molecule has 1 rings (SSSR count). The van der Waals surface area contributed by atoms with Crippen LogP contribution >= 0.6 is 0 Å². The van der Waals surface area contributed by atoms with Gasteiger partial charge in [0.05, 0.1) is 19.6 Å². The fourth-order valence-corrected chi connectivity index (χ4v) is 1.45. The molecule has 0 spiro atoms. The summed E-state index contributed by atoms with van der Waals surface area (Å²) >= 11 is 0. The maximum absolute atomic E-state index is 11.4. The van der Waals surface area contributed by atoms with Gasteiger partial charge < -0.3 is 14.9 Å². The van der Waals surface area contributed by atoms with Crippen molar-refractivity contribution in [2.75, 3.05) is 19.8 Å². The molecule has 0 saturated carbocycles. The second kappa shape index (κ2) is 8.26. The molecule has 0 bridgehead atoms. The predicted molar refractivity (Wildman–Crippen MR) is 65.9 cm³/mol. The summed E-state index contributed by atoms with van der Waals surface area (Å²) in [5, 5.41) is 3.12. The van der Waals surface area contributed by atoms with Gasteiger partial charge in [-0.3, -0.25) is 14.4 Å². The molecule has 1 fully saturated rings. The molecule has 112 valence electrons. The van der Waals surface area contributed by atoms with Crippen LogP contribution in [0, 0.1) is 0 Å². The van der Waals surface area contributed by atoms with Crippen molar-refractivity contribution < 1.29 is 28.8 Å². The van der Waals surface area contributed by atoms with Crippen LogP contribution in [0.1, 0.15) is 32.6 Å². The lowest BCUT2D eigenvalue weighted by molar-refractivity contribution is -0.198. The first kappa shape index (κ1) is 16.1. The van der Waals surface area contributed by atoms with Gasteiger partial charge in [0.25, 0.3) is 11.8 Å². The van der Waals surface area contributed by atoms with Gasteiger partial charge in [-0.05, 0) is 0 Å². The van der Waals surface area contributed by atoms with Crippen molar-refractivity contribution in [3.63, 3.8) is 0 Å². The van der Waals surface area contributed by atoms with Crippen LogP contribution < -0.4 is 5.32 Å². The lowest BCUT2D eigenvalue weighted by Crippen LogP contribution is -2.32. The van der Waals surface area contributed by atoms with E-state index in [1.54, 1.807) is 6.92 Å². The van der Waals surface area contributed by atoms with E-state index in [2.05, 4.69) is 10.2 Å².